The van der Waals surface area contributed by atoms with Crippen LogP contribution in [-0.4, -0.2) is 22.9 Å². The van der Waals surface area contributed by atoms with Gasteiger partial charge in [-0.15, -0.1) is 11.8 Å². The van der Waals surface area contributed by atoms with E-state index in [4.69, 9.17) is 21.1 Å². The van der Waals surface area contributed by atoms with Crippen LogP contribution in [0.15, 0.2) is 46.1 Å². The van der Waals surface area contributed by atoms with Gasteiger partial charge in [-0.1, -0.05) is 23.7 Å². The minimum Gasteiger partial charge on any atom is -0.448 e. The van der Waals surface area contributed by atoms with Gasteiger partial charge in [-0.2, -0.15) is 0 Å². The number of fused-ring (bicyclic) bond motifs is 1. The Hall–Kier alpha value is -2.97. The Kier molecular flexibility index (Phi) is 7.71. The lowest BCUT2D eigenvalue weighted by Crippen LogP contribution is -2.44. The molecule has 0 radical (unpaired) electrons. The summed E-state index contributed by atoms with van der Waals surface area (Å²) >= 11 is 8.07. The van der Waals surface area contributed by atoms with Crippen molar-refractivity contribution in [2.75, 3.05) is 6.26 Å². The number of aromatic nitrogens is 1. The van der Waals surface area contributed by atoms with Crippen LogP contribution >= 0.6 is 23.4 Å². The van der Waals surface area contributed by atoms with Crippen molar-refractivity contribution in [2.24, 2.45) is 5.92 Å². The van der Waals surface area contributed by atoms with E-state index in [0.717, 1.165) is 41.8 Å². The second-order valence-corrected chi connectivity index (χ2v) is 11.8. The maximum absolute atomic E-state index is 13.3. The smallest absolute Gasteiger partial charge is 0.254 e. The van der Waals surface area contributed by atoms with Gasteiger partial charge >= 0.3 is 0 Å². The van der Waals surface area contributed by atoms with Gasteiger partial charge in [0.05, 0.1) is 5.02 Å². The van der Waals surface area contributed by atoms with Gasteiger partial charge in [0.2, 0.25) is 0 Å². The number of thioether (sulfide) groups is 1. The van der Waals surface area contributed by atoms with Gasteiger partial charge in [0.1, 0.15) is 5.82 Å². The molecular weight excluding hydrogens is 539 g/mol. The summed E-state index contributed by atoms with van der Waals surface area (Å²) in [4.78, 5) is 29.3. The third-order valence-corrected chi connectivity index (χ3v) is 9.06. The second-order valence-electron chi connectivity index (χ2n) is 10.5. The third-order valence-electron chi connectivity index (χ3n) is 7.98. The molecule has 1 aromatic heterocycles. The number of carbonyl (C=O) groups excluding carboxylic acids is 1. The fourth-order valence-electron chi connectivity index (χ4n) is 5.73. The molecule has 2 heterocycles. The van der Waals surface area contributed by atoms with Gasteiger partial charge in [-0.25, -0.2) is 4.39 Å². The topological polar surface area (TPSA) is 80.4 Å². The Morgan fingerprint density at radius 3 is 2.46 bits per heavy atom. The number of pyridine rings is 1. The van der Waals surface area contributed by atoms with Gasteiger partial charge < -0.3 is 19.8 Å². The van der Waals surface area contributed by atoms with Crippen LogP contribution in [0.4, 0.5) is 4.39 Å². The molecule has 5 rings (SSSR count). The van der Waals surface area contributed by atoms with E-state index in [2.05, 4.69) is 10.3 Å². The largest absolute Gasteiger partial charge is 0.448 e. The Morgan fingerprint density at radius 1 is 1.13 bits per heavy atom. The molecule has 0 saturated heterocycles. The van der Waals surface area contributed by atoms with Crippen LogP contribution in [0, 0.1) is 25.6 Å². The number of halogens is 2. The number of H-pyrrole nitrogens is 1. The molecule has 1 amide bonds. The fourth-order valence-corrected chi connectivity index (χ4v) is 6.67. The maximum Gasteiger partial charge on any atom is 0.254 e. The molecule has 39 heavy (non-hydrogen) atoms. The third kappa shape index (κ3) is 5.41. The highest BCUT2D eigenvalue weighted by Crippen LogP contribution is 2.52. The molecule has 9 heteroatoms. The minimum absolute atomic E-state index is 0.0884. The van der Waals surface area contributed by atoms with Crippen molar-refractivity contribution in [3.63, 3.8) is 0 Å². The molecule has 1 unspecified atom stereocenters. The zero-order valence-electron chi connectivity index (χ0n) is 22.5. The number of benzene rings is 2. The van der Waals surface area contributed by atoms with Crippen molar-refractivity contribution in [3.05, 3.63) is 85.5 Å². The molecule has 1 aliphatic heterocycles. The number of ether oxygens (including phenoxy) is 2. The van der Waals surface area contributed by atoms with Gasteiger partial charge in [-0.3, -0.25) is 9.59 Å². The predicted octanol–water partition coefficient (Wildman–Crippen LogP) is 6.90. The summed E-state index contributed by atoms with van der Waals surface area (Å²) in [6, 6.07) is 10.3. The zero-order chi connectivity index (χ0) is 27.9. The van der Waals surface area contributed by atoms with Crippen molar-refractivity contribution in [1.82, 2.24) is 10.3 Å². The average Bonchev–Trinajstić information content (AvgIpc) is 3.30. The van der Waals surface area contributed by atoms with Crippen LogP contribution < -0.4 is 20.3 Å². The van der Waals surface area contributed by atoms with Crippen molar-refractivity contribution in [3.8, 4) is 11.5 Å². The highest BCUT2D eigenvalue weighted by molar-refractivity contribution is 7.98. The number of hydrogen-bond acceptors (Lipinski definition) is 5. The highest BCUT2D eigenvalue weighted by Gasteiger charge is 2.47. The molecule has 0 bridgehead atoms. The van der Waals surface area contributed by atoms with E-state index in [1.54, 1.807) is 6.07 Å². The molecule has 1 atom stereocenters. The Morgan fingerprint density at radius 2 is 1.79 bits per heavy atom. The summed E-state index contributed by atoms with van der Waals surface area (Å²) in [5.41, 5.74) is 3.23. The molecule has 2 N–H and O–H groups in total. The standard InChI is InChI=1S/C30H32ClFN2O4S/c1-16-13-25(39-4)23(29(36)34-16)15-33-28(35)22-14-24(31)27-26(17(22)2)37-30(3,38-27)20-9-5-18(6-10-20)19-7-11-21(32)12-8-19/h7-8,11-14,18,20H,5-6,9-10,15H2,1-4H3,(H,33,35)(H,34,36)/t18-,20-,30?. The lowest BCUT2D eigenvalue weighted by Gasteiger charge is -2.37. The molecule has 1 aliphatic carbocycles. The van der Waals surface area contributed by atoms with Crippen molar-refractivity contribution in [2.45, 2.75) is 69.6 Å². The Bertz CT molecular complexity index is 1470. The molecule has 1 saturated carbocycles. The predicted molar refractivity (Wildman–Crippen MR) is 152 cm³/mol. The van der Waals surface area contributed by atoms with E-state index in [0.29, 0.717) is 39.1 Å². The molecule has 1 fully saturated rings. The van der Waals surface area contributed by atoms with E-state index in [1.807, 2.05) is 45.2 Å². The van der Waals surface area contributed by atoms with Crippen LogP contribution in [0.25, 0.3) is 0 Å². The lowest BCUT2D eigenvalue weighted by molar-refractivity contribution is -0.121. The van der Waals surface area contributed by atoms with Crippen molar-refractivity contribution >= 4 is 29.3 Å². The summed E-state index contributed by atoms with van der Waals surface area (Å²) in [7, 11) is 0. The molecule has 2 aromatic carbocycles. The normalized spacial score (nSPS) is 22.1. The van der Waals surface area contributed by atoms with E-state index in [9.17, 15) is 14.0 Å². The Balaban J connectivity index is 1.30. The van der Waals surface area contributed by atoms with Gasteiger partial charge in [-0.05, 0) is 81.5 Å². The lowest BCUT2D eigenvalue weighted by atomic mass is 9.76. The first-order chi connectivity index (χ1) is 18.6. The summed E-state index contributed by atoms with van der Waals surface area (Å²) in [6.45, 7) is 5.66. The summed E-state index contributed by atoms with van der Waals surface area (Å²) in [5, 5.41) is 3.17. The first kappa shape index (κ1) is 27.6. The first-order valence-corrected chi connectivity index (χ1v) is 14.7. The van der Waals surface area contributed by atoms with E-state index >= 15 is 0 Å². The molecule has 0 spiro atoms. The average molecular weight is 571 g/mol. The van der Waals surface area contributed by atoms with Crippen molar-refractivity contribution in [1.29, 1.82) is 0 Å². The summed E-state index contributed by atoms with van der Waals surface area (Å²) in [6.07, 6.45) is 5.57. The number of nitrogens with one attached hydrogen (secondary N) is 2. The highest BCUT2D eigenvalue weighted by atomic mass is 35.5. The number of aromatic amines is 1. The molecule has 206 valence electrons. The summed E-state index contributed by atoms with van der Waals surface area (Å²) < 4.78 is 26.1. The van der Waals surface area contributed by atoms with Crippen LogP contribution in [0.5, 0.6) is 11.5 Å². The van der Waals surface area contributed by atoms with Crippen LogP contribution in [0.2, 0.25) is 5.02 Å². The van der Waals surface area contributed by atoms with E-state index in [-0.39, 0.29) is 29.7 Å². The van der Waals surface area contributed by atoms with Gasteiger partial charge in [0, 0.05) is 46.7 Å². The number of aryl methyl sites for hydroxylation is 1. The number of rotatable bonds is 6. The molecular formula is C30H32ClFN2O4S. The van der Waals surface area contributed by atoms with Gasteiger partial charge in [0.15, 0.2) is 11.5 Å². The number of amides is 1. The maximum atomic E-state index is 13.3. The van der Waals surface area contributed by atoms with E-state index < -0.39 is 5.79 Å². The second kappa shape index (κ2) is 10.9. The number of carbonyl (C=O) groups is 1. The van der Waals surface area contributed by atoms with Crippen molar-refractivity contribution < 1.29 is 18.7 Å². The van der Waals surface area contributed by atoms with Crippen LogP contribution in [0.1, 0.15) is 71.3 Å². The van der Waals surface area contributed by atoms with Crippen LogP contribution in [0.3, 0.4) is 0 Å². The Labute approximate surface area is 236 Å². The van der Waals surface area contributed by atoms with Gasteiger partial charge in [0.25, 0.3) is 17.3 Å². The van der Waals surface area contributed by atoms with E-state index in [1.165, 1.54) is 23.9 Å². The molecule has 2 aliphatic rings. The van der Waals surface area contributed by atoms with Crippen LogP contribution in [-0.2, 0) is 6.54 Å². The molecule has 3 aromatic rings. The molecule has 6 nitrogen and oxygen atoms in total. The SMILES string of the molecule is CSc1cc(C)[nH]c(=O)c1CNC(=O)c1cc(Cl)c2c(c1C)OC(C)([C@H]1CC[C@H](c3ccc(F)cc3)CC1)O2. The first-order valence-electron chi connectivity index (χ1n) is 13.1. The summed E-state index contributed by atoms with van der Waals surface area (Å²) in [5.74, 6) is -0.0279. The quantitative estimate of drug-likeness (QED) is 0.315. The minimum atomic E-state index is -0.901. The fraction of sp³-hybridized carbons (Fsp3) is 0.400. The zero-order valence-corrected chi connectivity index (χ0v) is 24.0. The number of hydrogen-bond donors (Lipinski definition) is 2. The monoisotopic (exact) mass is 570 g/mol.